The third kappa shape index (κ3) is 8.57. The lowest BCUT2D eigenvalue weighted by atomic mass is 9.99. The van der Waals surface area contributed by atoms with Crippen LogP contribution in [0.3, 0.4) is 0 Å². The first-order chi connectivity index (χ1) is 25.1. The van der Waals surface area contributed by atoms with Crippen molar-refractivity contribution >= 4 is 12.1 Å². The number of benzene rings is 4. The monoisotopic (exact) mass is 704 g/mol. The number of aliphatic carboxylic acids is 1. The number of amides is 1. The number of hydrogen-bond donors (Lipinski definition) is 1. The molecule has 1 amide bonds. The Hall–Kier alpha value is -5.77. The summed E-state index contributed by atoms with van der Waals surface area (Å²) < 4.78 is 27.5. The van der Waals surface area contributed by atoms with Crippen molar-refractivity contribution in [2.24, 2.45) is 0 Å². The molecule has 0 aliphatic heterocycles. The molecule has 1 N–H and O–H groups in total. The van der Waals surface area contributed by atoms with E-state index in [0.29, 0.717) is 54.4 Å². The maximum atomic E-state index is 13.1. The Kier molecular flexibility index (Phi) is 10.8. The van der Waals surface area contributed by atoms with E-state index in [0.717, 1.165) is 28.3 Å². The Balaban J connectivity index is 0.000000325. The van der Waals surface area contributed by atoms with Gasteiger partial charge in [-0.2, -0.15) is 0 Å². The number of ether oxygens (including phenoxy) is 4. The highest BCUT2D eigenvalue weighted by molar-refractivity contribution is 5.79. The van der Waals surface area contributed by atoms with Gasteiger partial charge in [0.2, 0.25) is 5.89 Å². The quantitative estimate of drug-likeness (QED) is 0.128. The molecule has 0 radical (unpaired) electrons. The summed E-state index contributed by atoms with van der Waals surface area (Å²) in [5.41, 5.74) is 3.77. The van der Waals surface area contributed by atoms with Gasteiger partial charge in [-0.15, -0.1) is 0 Å². The topological polar surface area (TPSA) is 121 Å². The van der Waals surface area contributed by atoms with Gasteiger partial charge in [-0.25, -0.2) is 9.78 Å². The molecular formula is C42H44N2O8. The van der Waals surface area contributed by atoms with Gasteiger partial charge in [-0.3, -0.25) is 9.69 Å². The van der Waals surface area contributed by atoms with Crippen molar-refractivity contribution in [2.45, 2.75) is 56.9 Å². The molecule has 0 saturated heterocycles. The third-order valence-electron chi connectivity index (χ3n) is 9.72. The first-order valence-corrected chi connectivity index (χ1v) is 17.4. The number of carboxylic acids is 1. The largest absolute Gasteiger partial charge is 0.497 e. The van der Waals surface area contributed by atoms with Crippen LogP contribution in [0, 0.1) is 6.92 Å². The normalized spacial score (nSPS) is 14.6. The van der Waals surface area contributed by atoms with Crippen LogP contribution in [-0.4, -0.2) is 54.4 Å². The summed E-state index contributed by atoms with van der Waals surface area (Å²) in [4.78, 5) is 30.6. The summed E-state index contributed by atoms with van der Waals surface area (Å²) in [6, 6.07) is 32.1. The molecular weight excluding hydrogens is 660 g/mol. The second kappa shape index (κ2) is 15.6. The van der Waals surface area contributed by atoms with Crippen molar-refractivity contribution in [2.75, 3.05) is 27.4 Å². The molecule has 0 bridgehead atoms. The average Bonchev–Trinajstić information content (AvgIpc) is 4.10. The van der Waals surface area contributed by atoms with Crippen molar-refractivity contribution in [3.05, 3.63) is 126 Å². The molecule has 1 heterocycles. The zero-order chi connectivity index (χ0) is 36.7. The smallest absolute Gasteiger partial charge is 0.416 e. The summed E-state index contributed by atoms with van der Waals surface area (Å²) in [6.45, 7) is 4.14. The van der Waals surface area contributed by atoms with Crippen molar-refractivity contribution in [3.8, 4) is 34.5 Å². The van der Waals surface area contributed by atoms with E-state index >= 15 is 0 Å². The van der Waals surface area contributed by atoms with Crippen molar-refractivity contribution in [3.63, 3.8) is 0 Å². The standard InChI is InChI=1S/C31H30N2O7.C11H14O/c1-21-27(32-29(39-21)22-6-4-3-5-7-22)16-19-38-25-10-8-23(9-11-25)31(17-18-31)33(20-28(34)35)30(36)40-26-14-12-24(37-2)13-15-26;1-11(7-8-11)9-3-5-10(12-2)6-4-9/h3-15H,16-20H2,1-2H3,(H,34,35);3-6H,7-8H2,1-2H3. The van der Waals surface area contributed by atoms with Gasteiger partial charge in [-0.1, -0.05) is 49.4 Å². The van der Waals surface area contributed by atoms with Crippen LogP contribution >= 0.6 is 0 Å². The summed E-state index contributed by atoms with van der Waals surface area (Å²) >= 11 is 0. The number of rotatable bonds is 13. The second-order valence-electron chi connectivity index (χ2n) is 13.4. The SMILES string of the molecule is COc1ccc(C2(C)CC2)cc1.COc1ccc(OC(=O)N(CC(=O)O)C2(c3ccc(OCCc4nc(-c5ccccc5)oc4C)cc3)CC2)cc1. The van der Waals surface area contributed by atoms with Crippen LogP contribution < -0.4 is 18.9 Å². The molecule has 0 unspecified atom stereocenters. The second-order valence-corrected chi connectivity index (χ2v) is 13.4. The minimum atomic E-state index is -1.11. The first-order valence-electron chi connectivity index (χ1n) is 17.4. The minimum Gasteiger partial charge on any atom is -0.497 e. The highest BCUT2D eigenvalue weighted by Gasteiger charge is 2.53. The van der Waals surface area contributed by atoms with Crippen molar-refractivity contribution in [1.29, 1.82) is 0 Å². The van der Waals surface area contributed by atoms with Crippen LogP contribution in [0.5, 0.6) is 23.0 Å². The fourth-order valence-electron chi connectivity index (χ4n) is 6.12. The van der Waals surface area contributed by atoms with Gasteiger partial charge >= 0.3 is 12.1 Å². The lowest BCUT2D eigenvalue weighted by molar-refractivity contribution is -0.138. The molecule has 4 aromatic carbocycles. The van der Waals surface area contributed by atoms with E-state index in [1.54, 1.807) is 38.5 Å². The Morgan fingerprint density at radius 3 is 1.88 bits per heavy atom. The Morgan fingerprint density at radius 1 is 0.769 bits per heavy atom. The van der Waals surface area contributed by atoms with Crippen LogP contribution in [0.1, 0.15) is 55.2 Å². The van der Waals surface area contributed by atoms with Crippen molar-refractivity contribution < 1.29 is 38.1 Å². The summed E-state index contributed by atoms with van der Waals surface area (Å²) in [7, 11) is 3.25. The van der Waals surface area contributed by atoms with E-state index in [-0.39, 0.29) is 0 Å². The fourth-order valence-corrected chi connectivity index (χ4v) is 6.12. The van der Waals surface area contributed by atoms with E-state index in [2.05, 4.69) is 24.0 Å². The number of carbonyl (C=O) groups excluding carboxylic acids is 1. The molecule has 1 aromatic heterocycles. The summed E-state index contributed by atoms with van der Waals surface area (Å²) in [5, 5.41) is 9.53. The van der Waals surface area contributed by atoms with E-state index < -0.39 is 24.1 Å². The van der Waals surface area contributed by atoms with E-state index in [4.69, 9.17) is 23.4 Å². The Bertz CT molecular complexity index is 1950. The fraction of sp³-hybridized carbons (Fsp3) is 0.310. The van der Waals surface area contributed by atoms with E-state index in [9.17, 15) is 14.7 Å². The molecule has 0 spiro atoms. The summed E-state index contributed by atoms with van der Waals surface area (Å²) in [5.74, 6) is 2.77. The lowest BCUT2D eigenvalue weighted by Gasteiger charge is -2.30. The van der Waals surface area contributed by atoms with Crippen molar-refractivity contribution in [1.82, 2.24) is 9.88 Å². The number of hydrogen-bond acceptors (Lipinski definition) is 8. The van der Waals surface area contributed by atoms with E-state index in [1.807, 2.05) is 73.7 Å². The van der Waals surface area contributed by atoms with Gasteiger partial charge in [-0.05, 0) is 110 Å². The first kappa shape index (κ1) is 36.0. The molecule has 7 rings (SSSR count). The minimum absolute atomic E-state index is 0.305. The summed E-state index contributed by atoms with van der Waals surface area (Å²) in [6.07, 6.45) is 3.79. The molecule has 52 heavy (non-hydrogen) atoms. The number of carbonyl (C=O) groups is 2. The zero-order valence-corrected chi connectivity index (χ0v) is 30.0. The van der Waals surface area contributed by atoms with Crippen LogP contribution in [0.4, 0.5) is 4.79 Å². The van der Waals surface area contributed by atoms with Gasteiger partial charge < -0.3 is 28.5 Å². The number of aromatic nitrogens is 1. The van der Waals surface area contributed by atoms with Gasteiger partial charge in [0.15, 0.2) is 0 Å². The number of nitrogens with zero attached hydrogens (tertiary/aromatic N) is 2. The maximum Gasteiger partial charge on any atom is 0.416 e. The number of aryl methyl sites for hydroxylation is 1. The molecule has 270 valence electrons. The van der Waals surface area contributed by atoms with Crippen LogP contribution in [0.2, 0.25) is 0 Å². The Morgan fingerprint density at radius 2 is 1.33 bits per heavy atom. The number of carboxylic acid groups (broad SMARTS) is 1. The van der Waals surface area contributed by atoms with Crippen LogP contribution in [0.25, 0.3) is 11.5 Å². The number of oxazole rings is 1. The Labute approximate surface area is 303 Å². The zero-order valence-electron chi connectivity index (χ0n) is 30.0. The highest BCUT2D eigenvalue weighted by atomic mass is 16.6. The van der Waals surface area contributed by atoms with Gasteiger partial charge in [0.25, 0.3) is 0 Å². The van der Waals surface area contributed by atoms with E-state index in [1.165, 1.54) is 23.3 Å². The molecule has 2 aliphatic carbocycles. The maximum absolute atomic E-state index is 13.1. The highest BCUT2D eigenvalue weighted by Crippen LogP contribution is 2.51. The van der Waals surface area contributed by atoms with Gasteiger partial charge in [0.05, 0.1) is 32.1 Å². The molecule has 10 heteroatoms. The van der Waals surface area contributed by atoms with Gasteiger partial charge in [0, 0.05) is 12.0 Å². The predicted molar refractivity (Wildman–Crippen MR) is 196 cm³/mol. The average molecular weight is 705 g/mol. The molecule has 5 aromatic rings. The van der Waals surface area contributed by atoms with Gasteiger partial charge in [0.1, 0.15) is 35.3 Å². The molecule has 2 saturated carbocycles. The third-order valence-corrected chi connectivity index (χ3v) is 9.72. The number of methoxy groups -OCH3 is 2. The van der Waals surface area contributed by atoms with Crippen LogP contribution in [-0.2, 0) is 22.2 Å². The predicted octanol–water partition coefficient (Wildman–Crippen LogP) is 8.60. The van der Waals surface area contributed by atoms with Crippen LogP contribution in [0.15, 0.2) is 108 Å². The lowest BCUT2D eigenvalue weighted by Crippen LogP contribution is -2.45. The molecule has 2 aliphatic rings. The molecule has 0 atom stereocenters. The molecule has 2 fully saturated rings. The molecule has 10 nitrogen and oxygen atoms in total.